The Bertz CT molecular complexity index is 1450. The Morgan fingerprint density at radius 1 is 1.29 bits per heavy atom. The number of carbonyl (C=O) groups is 1. The van der Waals surface area contributed by atoms with Crippen LogP contribution >= 0.6 is 19.8 Å². The van der Waals surface area contributed by atoms with Gasteiger partial charge in [-0.1, -0.05) is 0 Å². The summed E-state index contributed by atoms with van der Waals surface area (Å²) in [5.74, 6) is -0.237. The zero-order valence-corrected chi connectivity index (χ0v) is 26.8. The van der Waals surface area contributed by atoms with E-state index in [1.54, 1.807) is 24.6 Å². The van der Waals surface area contributed by atoms with E-state index in [-0.39, 0.29) is 31.0 Å². The van der Waals surface area contributed by atoms with Gasteiger partial charge in [-0.3, -0.25) is 0 Å². The van der Waals surface area contributed by atoms with E-state index in [0.717, 1.165) is 66.5 Å². The standard InChI is InChI=1S/C31H40FIN4O3S/c1-4-22-16-24(32)18-31(2,17-22)19-25-20-34-15-14-33(25)30(38)28-29(23-10-6-5-7-11-23)37(21-35-28)27-13-9-8-12-26(27)36-41(3,39)40/h4-7,10-11,16,18,21,25-27,34,36H,1,8-9,12-15,17,19-20H2,2-3H3/t25-,26?,27+,31?/m1/s1. The average Bonchev–Trinajstić information content (AvgIpc) is 3.37. The van der Waals surface area contributed by atoms with Gasteiger partial charge in [0.05, 0.1) is 0 Å². The Hall–Kier alpha value is -2.15. The topological polar surface area (TPSA) is 93.1 Å². The van der Waals surface area contributed by atoms with Gasteiger partial charge in [-0.05, 0) is 0 Å². The first-order valence-corrected chi connectivity index (χ1v) is 20.0. The van der Waals surface area contributed by atoms with Crippen LogP contribution in [0.25, 0.3) is 11.3 Å². The molecule has 5 rings (SSSR count). The van der Waals surface area contributed by atoms with Crippen molar-refractivity contribution < 1.29 is 17.6 Å². The molecule has 2 aromatic rings. The summed E-state index contributed by atoms with van der Waals surface area (Å²) >= 11 is -2.27. The maximum absolute atomic E-state index is 14.6. The molecule has 1 aromatic heterocycles. The second-order valence-electron chi connectivity index (χ2n) is 11.7. The molecule has 1 saturated heterocycles. The molecule has 2 heterocycles. The molecule has 41 heavy (non-hydrogen) atoms. The fourth-order valence-corrected chi connectivity index (χ4v) is 14.0. The number of imidazole rings is 1. The van der Waals surface area contributed by atoms with Crippen LogP contribution in [0.2, 0.25) is 0 Å². The summed E-state index contributed by atoms with van der Waals surface area (Å²) in [6.07, 6.45) is 12.9. The van der Waals surface area contributed by atoms with Gasteiger partial charge in [-0.15, -0.1) is 0 Å². The number of rotatable bonds is 9. The molecule has 2 N–H and O–H groups in total. The molecule has 2 fully saturated rings. The number of alkyl halides is 2. The summed E-state index contributed by atoms with van der Waals surface area (Å²) < 4.78 is 45.0. The van der Waals surface area contributed by atoms with E-state index < -0.39 is 29.8 Å². The fraction of sp³-hybridized carbons (Fsp3) is 0.484. The number of nitrogens with zero attached hydrogens (tertiary/aromatic N) is 2. The first kappa shape index (κ1) is 30.3. The number of benzene rings is 1. The molecule has 0 amide bonds. The van der Waals surface area contributed by atoms with E-state index in [4.69, 9.17) is 4.98 Å². The molecule has 3 aliphatic rings. The molecule has 7 nitrogen and oxygen atoms in total. The zero-order valence-electron chi connectivity index (χ0n) is 23.8. The molecular formula is C31H40FIN4O3S. The van der Waals surface area contributed by atoms with Gasteiger partial charge in [0.15, 0.2) is 0 Å². The molecule has 10 heteroatoms. The van der Waals surface area contributed by atoms with Gasteiger partial charge in [-0.25, -0.2) is 0 Å². The Labute approximate surface area is 250 Å². The summed E-state index contributed by atoms with van der Waals surface area (Å²) in [5.41, 5.74) is 2.70. The third-order valence-electron chi connectivity index (χ3n) is 8.28. The number of allylic oxidation sites excluding steroid dienone is 5. The van der Waals surface area contributed by atoms with Crippen LogP contribution in [0.5, 0.6) is 0 Å². The van der Waals surface area contributed by atoms with Gasteiger partial charge in [0, 0.05) is 0 Å². The fourth-order valence-electron chi connectivity index (χ4n) is 6.56. The Morgan fingerprint density at radius 3 is 2.78 bits per heavy atom. The van der Waals surface area contributed by atoms with Crippen molar-refractivity contribution in [2.45, 2.75) is 61.5 Å². The molecule has 0 bridgehead atoms. The molecule has 0 spiro atoms. The Morgan fingerprint density at radius 2 is 2.05 bits per heavy atom. The van der Waals surface area contributed by atoms with Crippen molar-refractivity contribution in [3.05, 3.63) is 78.6 Å². The molecule has 4 atom stereocenters. The molecule has 0 radical (unpaired) electrons. The summed E-state index contributed by atoms with van der Waals surface area (Å²) in [7, 11) is -3.40. The minimum atomic E-state index is -3.40. The number of halogens is 2. The van der Waals surface area contributed by atoms with Crippen molar-refractivity contribution in [3.63, 3.8) is 0 Å². The van der Waals surface area contributed by atoms with Crippen LogP contribution in [-0.2, 0) is 10.0 Å². The van der Waals surface area contributed by atoms with Gasteiger partial charge in [0.2, 0.25) is 0 Å². The zero-order chi connectivity index (χ0) is 29.2. The first-order chi connectivity index (χ1) is 19.6. The van der Waals surface area contributed by atoms with E-state index in [9.17, 15) is 17.6 Å². The van der Waals surface area contributed by atoms with Crippen molar-refractivity contribution in [2.75, 3.05) is 23.8 Å². The van der Waals surface area contributed by atoms with Crippen molar-refractivity contribution in [1.82, 2.24) is 19.6 Å². The summed E-state index contributed by atoms with van der Waals surface area (Å²) in [6, 6.07) is 9.45. The SMILES string of the molecule is C=CC1=CC(F)=CC(C)(C[C@@H]2CNCCI2C(=O)c2ncn([C@H]3CCCCC3NS(C)(=O)=O)c2-c2ccccc2)C1. The summed E-state index contributed by atoms with van der Waals surface area (Å²) in [4.78, 5) is 19.2. The molecular weight excluding hydrogens is 654 g/mol. The predicted octanol–water partition coefficient (Wildman–Crippen LogP) is 5.97. The van der Waals surface area contributed by atoms with Gasteiger partial charge in [-0.2, -0.15) is 0 Å². The molecule has 2 aliphatic carbocycles. The Kier molecular flexibility index (Phi) is 9.32. The van der Waals surface area contributed by atoms with Crippen LogP contribution in [0.4, 0.5) is 4.39 Å². The van der Waals surface area contributed by atoms with Gasteiger partial charge < -0.3 is 0 Å². The molecule has 1 saturated carbocycles. The van der Waals surface area contributed by atoms with Crippen LogP contribution in [0, 0.1) is 5.41 Å². The first-order valence-electron chi connectivity index (χ1n) is 14.3. The van der Waals surface area contributed by atoms with E-state index in [0.29, 0.717) is 12.1 Å². The van der Waals surface area contributed by atoms with Crippen LogP contribution < -0.4 is 10.0 Å². The monoisotopic (exact) mass is 694 g/mol. The molecule has 222 valence electrons. The van der Waals surface area contributed by atoms with Crippen LogP contribution in [-0.4, -0.2) is 55.5 Å². The van der Waals surface area contributed by atoms with Crippen LogP contribution in [0.1, 0.15) is 62.0 Å². The van der Waals surface area contributed by atoms with Crippen LogP contribution in [0.15, 0.2) is 72.9 Å². The molecule has 1 aromatic carbocycles. The summed E-state index contributed by atoms with van der Waals surface area (Å²) in [6.45, 7) is 7.48. The van der Waals surface area contributed by atoms with E-state index in [2.05, 4.69) is 28.1 Å². The second-order valence-corrected chi connectivity index (χ2v) is 19.6. The summed E-state index contributed by atoms with van der Waals surface area (Å²) in [5, 5.41) is 3.49. The number of carbonyl (C=O) groups excluding carboxylic acids is 1. The maximum atomic E-state index is 14.6. The third kappa shape index (κ3) is 7.09. The number of aromatic nitrogens is 2. The van der Waals surface area contributed by atoms with Gasteiger partial charge in [0.1, 0.15) is 0 Å². The average molecular weight is 695 g/mol. The van der Waals surface area contributed by atoms with Crippen molar-refractivity contribution >= 4 is 33.6 Å². The predicted molar refractivity (Wildman–Crippen MR) is 172 cm³/mol. The van der Waals surface area contributed by atoms with E-state index in [1.165, 1.54) is 6.26 Å². The second kappa shape index (κ2) is 12.6. The Balaban J connectivity index is 1.50. The van der Waals surface area contributed by atoms with Crippen molar-refractivity contribution in [1.29, 1.82) is 0 Å². The number of hydrogen-bond donors (Lipinski definition) is 2. The minimum absolute atomic E-state index is 0.131. The third-order valence-corrected chi connectivity index (χ3v) is 15.5. The number of sulfonamides is 1. The van der Waals surface area contributed by atoms with Crippen LogP contribution in [0.3, 0.4) is 0 Å². The molecule has 2 unspecified atom stereocenters. The number of hydrogen-bond acceptors (Lipinski definition) is 5. The van der Waals surface area contributed by atoms with E-state index >= 15 is 0 Å². The van der Waals surface area contributed by atoms with Crippen molar-refractivity contribution in [3.8, 4) is 11.3 Å². The van der Waals surface area contributed by atoms with E-state index in [1.807, 2.05) is 30.3 Å². The molecule has 1 aliphatic heterocycles. The van der Waals surface area contributed by atoms with Gasteiger partial charge >= 0.3 is 251 Å². The number of nitrogens with one attached hydrogen (secondary N) is 2. The normalized spacial score (nSPS) is 28.1. The van der Waals surface area contributed by atoms with Gasteiger partial charge in [0.25, 0.3) is 0 Å². The quantitative estimate of drug-likeness (QED) is 0.192. The van der Waals surface area contributed by atoms with Crippen molar-refractivity contribution in [2.24, 2.45) is 5.41 Å².